The molecule has 0 radical (unpaired) electrons. The average molecular weight is 193 g/mol. The Kier molecular flexibility index (Phi) is 2.33. The van der Waals surface area contributed by atoms with Crippen molar-refractivity contribution in [3.05, 3.63) is 23.8 Å². The fraction of sp³-hybridized carbons (Fsp3) is 0.455. The zero-order valence-electron chi connectivity index (χ0n) is 8.23. The monoisotopic (exact) mass is 193 g/mol. The Morgan fingerprint density at radius 3 is 3.07 bits per heavy atom. The van der Waals surface area contributed by atoms with E-state index >= 15 is 0 Å². The highest BCUT2D eigenvalue weighted by molar-refractivity contribution is 5.41. The van der Waals surface area contributed by atoms with Crippen LogP contribution >= 0.6 is 0 Å². The van der Waals surface area contributed by atoms with Gasteiger partial charge in [-0.25, -0.2) is 0 Å². The SMILES string of the molecule is C[C@H](N)C1COc2cc(O)ccc2C1. The first-order chi connectivity index (χ1) is 6.66. The first-order valence-electron chi connectivity index (χ1n) is 4.87. The lowest BCUT2D eigenvalue weighted by Crippen LogP contribution is -2.35. The molecule has 0 saturated carbocycles. The molecule has 1 aliphatic rings. The third-order valence-corrected chi connectivity index (χ3v) is 2.73. The van der Waals surface area contributed by atoms with Gasteiger partial charge in [0.1, 0.15) is 11.5 Å². The van der Waals surface area contributed by atoms with E-state index in [2.05, 4.69) is 0 Å². The molecule has 1 unspecified atom stereocenters. The summed E-state index contributed by atoms with van der Waals surface area (Å²) in [4.78, 5) is 0. The largest absolute Gasteiger partial charge is 0.508 e. The summed E-state index contributed by atoms with van der Waals surface area (Å²) in [6.45, 7) is 2.65. The molecule has 0 spiro atoms. The summed E-state index contributed by atoms with van der Waals surface area (Å²) in [5.74, 6) is 1.43. The van der Waals surface area contributed by atoms with Crippen LogP contribution in [-0.4, -0.2) is 17.8 Å². The predicted molar refractivity (Wildman–Crippen MR) is 54.4 cm³/mol. The average Bonchev–Trinajstić information content (AvgIpc) is 2.16. The topological polar surface area (TPSA) is 55.5 Å². The van der Waals surface area contributed by atoms with E-state index in [-0.39, 0.29) is 11.8 Å². The fourth-order valence-corrected chi connectivity index (χ4v) is 1.72. The maximum absolute atomic E-state index is 9.26. The van der Waals surface area contributed by atoms with Gasteiger partial charge < -0.3 is 15.6 Å². The normalized spacial score (nSPS) is 22.3. The van der Waals surface area contributed by atoms with Crippen LogP contribution in [0.25, 0.3) is 0 Å². The standard InChI is InChI=1S/C11H15NO2/c1-7(12)9-4-8-2-3-10(13)5-11(8)14-6-9/h2-3,5,7,9,13H,4,6,12H2,1H3/t7-,9?/m0/s1. The summed E-state index contributed by atoms with van der Waals surface area (Å²) in [6.07, 6.45) is 0.938. The van der Waals surface area contributed by atoms with Gasteiger partial charge >= 0.3 is 0 Å². The summed E-state index contributed by atoms with van der Waals surface area (Å²) in [5, 5.41) is 9.26. The van der Waals surface area contributed by atoms with Gasteiger partial charge in [0.2, 0.25) is 0 Å². The van der Waals surface area contributed by atoms with Crippen molar-refractivity contribution in [1.29, 1.82) is 0 Å². The number of phenols is 1. The number of hydrogen-bond donors (Lipinski definition) is 2. The van der Waals surface area contributed by atoms with Crippen LogP contribution in [0.15, 0.2) is 18.2 Å². The number of benzene rings is 1. The molecule has 2 rings (SSSR count). The van der Waals surface area contributed by atoms with Crippen molar-refractivity contribution in [2.24, 2.45) is 11.7 Å². The molecule has 0 aromatic heterocycles. The van der Waals surface area contributed by atoms with Gasteiger partial charge in [-0.1, -0.05) is 6.07 Å². The van der Waals surface area contributed by atoms with Crippen molar-refractivity contribution >= 4 is 0 Å². The highest BCUT2D eigenvalue weighted by atomic mass is 16.5. The second-order valence-electron chi connectivity index (χ2n) is 3.93. The van der Waals surface area contributed by atoms with Gasteiger partial charge in [0, 0.05) is 18.0 Å². The zero-order chi connectivity index (χ0) is 10.1. The molecule has 0 bridgehead atoms. The molecular weight excluding hydrogens is 178 g/mol. The van der Waals surface area contributed by atoms with Crippen molar-refractivity contribution in [3.8, 4) is 11.5 Å². The van der Waals surface area contributed by atoms with Crippen molar-refractivity contribution in [2.75, 3.05) is 6.61 Å². The molecule has 14 heavy (non-hydrogen) atoms. The lowest BCUT2D eigenvalue weighted by atomic mass is 9.92. The van der Waals surface area contributed by atoms with E-state index in [1.54, 1.807) is 12.1 Å². The summed E-state index contributed by atoms with van der Waals surface area (Å²) in [7, 11) is 0. The van der Waals surface area contributed by atoms with Crippen LogP contribution in [0.2, 0.25) is 0 Å². The summed E-state index contributed by atoms with van der Waals surface area (Å²) in [6, 6.07) is 5.40. The Labute approximate surface area is 83.5 Å². The lowest BCUT2D eigenvalue weighted by Gasteiger charge is -2.27. The third kappa shape index (κ3) is 1.68. The van der Waals surface area contributed by atoms with E-state index in [1.165, 1.54) is 0 Å². The first kappa shape index (κ1) is 9.34. The molecule has 3 N–H and O–H groups in total. The minimum Gasteiger partial charge on any atom is -0.508 e. The predicted octanol–water partition coefficient (Wildman–Crippen LogP) is 1.29. The molecule has 76 valence electrons. The van der Waals surface area contributed by atoms with Crippen LogP contribution in [0, 0.1) is 5.92 Å². The van der Waals surface area contributed by atoms with E-state index < -0.39 is 0 Å². The Bertz CT molecular complexity index is 336. The highest BCUT2D eigenvalue weighted by Crippen LogP contribution is 2.31. The molecule has 0 fully saturated rings. The van der Waals surface area contributed by atoms with Crippen molar-refractivity contribution < 1.29 is 9.84 Å². The van der Waals surface area contributed by atoms with Crippen molar-refractivity contribution in [2.45, 2.75) is 19.4 Å². The Morgan fingerprint density at radius 2 is 2.36 bits per heavy atom. The molecule has 1 aromatic rings. The molecule has 0 saturated heterocycles. The van der Waals surface area contributed by atoms with Gasteiger partial charge in [0.15, 0.2) is 0 Å². The van der Waals surface area contributed by atoms with Crippen molar-refractivity contribution in [1.82, 2.24) is 0 Å². The number of fused-ring (bicyclic) bond motifs is 1. The maximum Gasteiger partial charge on any atom is 0.126 e. The smallest absolute Gasteiger partial charge is 0.126 e. The summed E-state index contributed by atoms with van der Waals surface area (Å²) in [5.41, 5.74) is 6.96. The van der Waals surface area contributed by atoms with Gasteiger partial charge in [-0.15, -0.1) is 0 Å². The van der Waals surface area contributed by atoms with E-state index in [0.29, 0.717) is 12.5 Å². The number of hydrogen-bond acceptors (Lipinski definition) is 3. The molecule has 1 heterocycles. The van der Waals surface area contributed by atoms with E-state index in [9.17, 15) is 5.11 Å². The van der Waals surface area contributed by atoms with Gasteiger partial charge in [-0.3, -0.25) is 0 Å². The molecule has 0 amide bonds. The second-order valence-corrected chi connectivity index (χ2v) is 3.93. The zero-order valence-corrected chi connectivity index (χ0v) is 8.23. The molecule has 2 atom stereocenters. The molecular formula is C11H15NO2. The summed E-state index contributed by atoms with van der Waals surface area (Å²) >= 11 is 0. The minimum absolute atomic E-state index is 0.150. The van der Waals surface area contributed by atoms with Gasteiger partial charge in [0.05, 0.1) is 6.61 Å². The second kappa shape index (κ2) is 3.50. The number of rotatable bonds is 1. The van der Waals surface area contributed by atoms with Crippen LogP contribution < -0.4 is 10.5 Å². The van der Waals surface area contributed by atoms with Crippen molar-refractivity contribution in [3.63, 3.8) is 0 Å². The number of phenolic OH excluding ortho intramolecular Hbond substituents is 1. The van der Waals surface area contributed by atoms with E-state index in [4.69, 9.17) is 10.5 Å². The van der Waals surface area contributed by atoms with Crippen LogP contribution in [0.1, 0.15) is 12.5 Å². The molecule has 3 heteroatoms. The lowest BCUT2D eigenvalue weighted by molar-refractivity contribution is 0.203. The Hall–Kier alpha value is -1.22. The number of nitrogens with two attached hydrogens (primary N) is 1. The van der Waals surface area contributed by atoms with Crippen LogP contribution in [0.3, 0.4) is 0 Å². The minimum atomic E-state index is 0.150. The number of ether oxygens (including phenoxy) is 1. The van der Waals surface area contributed by atoms with E-state index in [1.807, 2.05) is 13.0 Å². The Balaban J connectivity index is 2.23. The van der Waals surface area contributed by atoms with Gasteiger partial charge in [-0.2, -0.15) is 0 Å². The van der Waals surface area contributed by atoms with Crippen LogP contribution in [0.4, 0.5) is 0 Å². The maximum atomic E-state index is 9.26. The highest BCUT2D eigenvalue weighted by Gasteiger charge is 2.22. The number of aromatic hydroxyl groups is 1. The van der Waals surface area contributed by atoms with Crippen LogP contribution in [-0.2, 0) is 6.42 Å². The van der Waals surface area contributed by atoms with E-state index in [0.717, 1.165) is 17.7 Å². The third-order valence-electron chi connectivity index (χ3n) is 2.73. The summed E-state index contributed by atoms with van der Waals surface area (Å²) < 4.78 is 5.54. The van der Waals surface area contributed by atoms with Gasteiger partial charge in [0.25, 0.3) is 0 Å². The fourth-order valence-electron chi connectivity index (χ4n) is 1.72. The molecule has 1 aromatic carbocycles. The molecule has 1 aliphatic heterocycles. The molecule has 0 aliphatic carbocycles. The van der Waals surface area contributed by atoms with Crippen LogP contribution in [0.5, 0.6) is 11.5 Å². The first-order valence-corrected chi connectivity index (χ1v) is 4.87. The quantitative estimate of drug-likeness (QED) is 0.706. The van der Waals surface area contributed by atoms with Gasteiger partial charge in [-0.05, 0) is 25.0 Å². The molecule has 3 nitrogen and oxygen atoms in total. The Morgan fingerprint density at radius 1 is 1.57 bits per heavy atom.